The van der Waals surface area contributed by atoms with E-state index in [1.54, 1.807) is 0 Å². The third kappa shape index (κ3) is 3.60. The number of hydrogen-bond donors (Lipinski definition) is 1. The number of hydrogen-bond acceptors (Lipinski definition) is 3. The molecule has 1 aromatic rings. The normalized spacial score (nSPS) is 16.6. The minimum Gasteiger partial charge on any atom is -0.491 e. The lowest BCUT2D eigenvalue weighted by atomic mass is 10.2. The zero-order valence-electron chi connectivity index (χ0n) is 9.99. The molecule has 1 heterocycles. The van der Waals surface area contributed by atoms with Crippen molar-refractivity contribution < 1.29 is 9.13 Å². The summed E-state index contributed by atoms with van der Waals surface area (Å²) in [6.45, 7) is 3.83. The van der Waals surface area contributed by atoms with Crippen molar-refractivity contribution in [3.8, 4) is 5.75 Å². The number of anilines is 1. The van der Waals surface area contributed by atoms with Crippen LogP contribution in [0.25, 0.3) is 0 Å². The minimum atomic E-state index is -0.447. The molecule has 1 aliphatic heterocycles. The monoisotopic (exact) mass is 238 g/mol. The quantitative estimate of drug-likeness (QED) is 0.866. The van der Waals surface area contributed by atoms with Crippen molar-refractivity contribution >= 4 is 5.69 Å². The highest BCUT2D eigenvalue weighted by atomic mass is 19.1. The van der Waals surface area contributed by atoms with Crippen LogP contribution in [0.4, 0.5) is 10.1 Å². The van der Waals surface area contributed by atoms with Gasteiger partial charge in [-0.05, 0) is 25.1 Å². The van der Waals surface area contributed by atoms with E-state index in [-0.39, 0.29) is 6.61 Å². The van der Waals surface area contributed by atoms with E-state index in [1.165, 1.54) is 0 Å². The molecule has 3 nitrogen and oxygen atoms in total. The van der Waals surface area contributed by atoms with E-state index in [9.17, 15) is 4.39 Å². The van der Waals surface area contributed by atoms with E-state index < -0.39 is 6.67 Å². The lowest BCUT2D eigenvalue weighted by molar-refractivity contribution is 0.273. The van der Waals surface area contributed by atoms with Crippen LogP contribution in [0.5, 0.6) is 5.75 Å². The molecule has 0 atom stereocenters. The first-order valence-corrected chi connectivity index (χ1v) is 6.14. The molecule has 17 heavy (non-hydrogen) atoms. The van der Waals surface area contributed by atoms with E-state index in [2.05, 4.69) is 16.3 Å². The van der Waals surface area contributed by atoms with Crippen molar-refractivity contribution in [2.24, 2.45) is 0 Å². The Bertz CT molecular complexity index is 338. The third-order valence-corrected chi connectivity index (χ3v) is 2.87. The summed E-state index contributed by atoms with van der Waals surface area (Å²) in [7, 11) is 0. The van der Waals surface area contributed by atoms with Crippen LogP contribution >= 0.6 is 0 Å². The molecule has 0 bridgehead atoms. The molecule has 0 amide bonds. The minimum absolute atomic E-state index is 0.130. The number of rotatable bonds is 4. The molecule has 0 radical (unpaired) electrons. The number of ether oxygens (including phenoxy) is 1. The van der Waals surface area contributed by atoms with Crippen LogP contribution in [-0.2, 0) is 0 Å². The Balaban J connectivity index is 2.03. The second-order valence-electron chi connectivity index (χ2n) is 4.13. The largest absolute Gasteiger partial charge is 0.491 e. The van der Waals surface area contributed by atoms with Gasteiger partial charge in [0.25, 0.3) is 0 Å². The van der Waals surface area contributed by atoms with Crippen molar-refractivity contribution in [1.82, 2.24) is 5.32 Å². The number of halogens is 1. The first kappa shape index (κ1) is 12.2. The van der Waals surface area contributed by atoms with Crippen molar-refractivity contribution in [3.63, 3.8) is 0 Å². The SMILES string of the molecule is FCCOc1cccc(N2CCCNCC2)c1. The summed E-state index contributed by atoms with van der Waals surface area (Å²) >= 11 is 0. The summed E-state index contributed by atoms with van der Waals surface area (Å²) in [6, 6.07) is 7.89. The van der Waals surface area contributed by atoms with Crippen LogP contribution in [0.2, 0.25) is 0 Å². The van der Waals surface area contributed by atoms with E-state index in [0.29, 0.717) is 0 Å². The number of alkyl halides is 1. The van der Waals surface area contributed by atoms with Gasteiger partial charge in [-0.2, -0.15) is 0 Å². The lowest BCUT2D eigenvalue weighted by Gasteiger charge is -2.22. The van der Waals surface area contributed by atoms with Crippen LogP contribution in [-0.4, -0.2) is 39.5 Å². The molecular weight excluding hydrogens is 219 g/mol. The Kier molecular flexibility index (Phi) is 4.62. The summed E-state index contributed by atoms with van der Waals surface area (Å²) in [5, 5.41) is 3.37. The molecule has 1 N–H and O–H groups in total. The van der Waals surface area contributed by atoms with Gasteiger partial charge >= 0.3 is 0 Å². The summed E-state index contributed by atoms with van der Waals surface area (Å²) < 4.78 is 17.3. The van der Waals surface area contributed by atoms with E-state index in [4.69, 9.17) is 4.74 Å². The summed E-state index contributed by atoms with van der Waals surface area (Å²) in [4.78, 5) is 2.34. The fraction of sp³-hybridized carbons (Fsp3) is 0.538. The summed E-state index contributed by atoms with van der Waals surface area (Å²) in [5.41, 5.74) is 1.16. The molecule has 4 heteroatoms. The Morgan fingerprint density at radius 2 is 2.24 bits per heavy atom. The Morgan fingerprint density at radius 3 is 3.12 bits per heavy atom. The summed E-state index contributed by atoms with van der Waals surface area (Å²) in [6.07, 6.45) is 1.15. The molecule has 2 rings (SSSR count). The van der Waals surface area contributed by atoms with Gasteiger partial charge in [0.2, 0.25) is 0 Å². The second-order valence-corrected chi connectivity index (χ2v) is 4.13. The van der Waals surface area contributed by atoms with Gasteiger partial charge in [0.05, 0.1) is 0 Å². The van der Waals surface area contributed by atoms with E-state index in [0.717, 1.165) is 44.0 Å². The standard InChI is InChI=1S/C13H19FN2O/c14-5-10-17-13-4-1-3-12(11-13)16-8-2-6-15-7-9-16/h1,3-4,11,15H,2,5-10H2. The van der Waals surface area contributed by atoms with E-state index >= 15 is 0 Å². The maximum Gasteiger partial charge on any atom is 0.123 e. The average Bonchev–Trinajstić information content (AvgIpc) is 2.65. The average molecular weight is 238 g/mol. The number of benzene rings is 1. The Hall–Kier alpha value is -1.29. The third-order valence-electron chi connectivity index (χ3n) is 2.87. The van der Waals surface area contributed by atoms with Gasteiger partial charge in [0.15, 0.2) is 0 Å². The molecular formula is C13H19FN2O. The molecule has 0 aromatic heterocycles. The number of nitrogens with zero attached hydrogens (tertiary/aromatic N) is 1. The molecule has 0 saturated carbocycles. The first-order valence-electron chi connectivity index (χ1n) is 6.14. The van der Waals surface area contributed by atoms with Crippen LogP contribution in [0.3, 0.4) is 0 Å². The lowest BCUT2D eigenvalue weighted by Crippen LogP contribution is -2.27. The predicted octanol–water partition coefficient (Wildman–Crippen LogP) is 1.83. The maximum absolute atomic E-state index is 12.0. The molecule has 1 aliphatic rings. The zero-order valence-corrected chi connectivity index (χ0v) is 9.99. The maximum atomic E-state index is 12.0. The highest BCUT2D eigenvalue weighted by Crippen LogP contribution is 2.21. The van der Waals surface area contributed by atoms with Crippen molar-refractivity contribution in [1.29, 1.82) is 0 Å². The highest BCUT2D eigenvalue weighted by Gasteiger charge is 2.09. The zero-order chi connectivity index (χ0) is 11.9. The molecule has 94 valence electrons. The molecule has 0 unspecified atom stereocenters. The first-order chi connectivity index (χ1) is 8.40. The van der Waals surface area contributed by atoms with Gasteiger partial charge in [0.1, 0.15) is 19.0 Å². The van der Waals surface area contributed by atoms with Crippen molar-refractivity contribution in [3.05, 3.63) is 24.3 Å². The van der Waals surface area contributed by atoms with Gasteiger partial charge in [-0.1, -0.05) is 6.07 Å². The van der Waals surface area contributed by atoms with Crippen LogP contribution in [0.1, 0.15) is 6.42 Å². The Labute approximate surface area is 102 Å². The van der Waals surface area contributed by atoms with Crippen LogP contribution in [0.15, 0.2) is 24.3 Å². The van der Waals surface area contributed by atoms with Gasteiger partial charge < -0.3 is 15.0 Å². The van der Waals surface area contributed by atoms with Crippen LogP contribution < -0.4 is 15.0 Å². The molecule has 0 aliphatic carbocycles. The van der Waals surface area contributed by atoms with Crippen molar-refractivity contribution in [2.75, 3.05) is 44.4 Å². The van der Waals surface area contributed by atoms with E-state index in [1.807, 2.05) is 18.2 Å². The smallest absolute Gasteiger partial charge is 0.123 e. The van der Waals surface area contributed by atoms with Crippen molar-refractivity contribution in [2.45, 2.75) is 6.42 Å². The topological polar surface area (TPSA) is 24.5 Å². The summed E-state index contributed by atoms with van der Waals surface area (Å²) in [5.74, 6) is 0.748. The highest BCUT2D eigenvalue weighted by molar-refractivity contribution is 5.50. The molecule has 0 spiro atoms. The predicted molar refractivity (Wildman–Crippen MR) is 67.6 cm³/mol. The fourth-order valence-corrected chi connectivity index (χ4v) is 2.03. The van der Waals surface area contributed by atoms with Crippen LogP contribution in [0, 0.1) is 0 Å². The molecule has 1 saturated heterocycles. The molecule has 1 aromatic carbocycles. The molecule has 1 fully saturated rings. The Morgan fingerprint density at radius 1 is 1.29 bits per heavy atom. The van der Waals surface area contributed by atoms with Gasteiger partial charge in [-0.25, -0.2) is 4.39 Å². The number of nitrogens with one attached hydrogen (secondary N) is 1. The van der Waals surface area contributed by atoms with Gasteiger partial charge in [0, 0.05) is 31.4 Å². The van der Waals surface area contributed by atoms with Gasteiger partial charge in [-0.3, -0.25) is 0 Å². The second kappa shape index (κ2) is 6.45. The van der Waals surface area contributed by atoms with Gasteiger partial charge in [-0.15, -0.1) is 0 Å². The fourth-order valence-electron chi connectivity index (χ4n) is 2.03.